The van der Waals surface area contributed by atoms with Gasteiger partial charge < -0.3 is 16.0 Å². The van der Waals surface area contributed by atoms with Crippen LogP contribution in [0.5, 0.6) is 0 Å². The summed E-state index contributed by atoms with van der Waals surface area (Å²) in [5, 5.41) is 9.30. The fourth-order valence-electron chi connectivity index (χ4n) is 3.39. The van der Waals surface area contributed by atoms with E-state index in [1.165, 1.54) is 37.7 Å². The Morgan fingerprint density at radius 2 is 2.04 bits per heavy atom. The van der Waals surface area contributed by atoms with Crippen LogP contribution >= 0.6 is 23.2 Å². The van der Waals surface area contributed by atoms with E-state index in [0.717, 1.165) is 0 Å². The third-order valence-corrected chi connectivity index (χ3v) is 5.45. The van der Waals surface area contributed by atoms with Gasteiger partial charge in [0.05, 0.1) is 27.6 Å². The van der Waals surface area contributed by atoms with Gasteiger partial charge in [0.15, 0.2) is 6.29 Å². The topological polar surface area (TPSA) is 65.5 Å². The fourth-order valence-corrected chi connectivity index (χ4v) is 3.88. The molecule has 148 valence electrons. The summed E-state index contributed by atoms with van der Waals surface area (Å²) in [5.41, 5.74) is -0.311. The van der Waals surface area contributed by atoms with Crippen LogP contribution < -0.4 is 16.0 Å². The van der Waals surface area contributed by atoms with E-state index in [0.29, 0.717) is 31.5 Å². The molecule has 1 unspecified atom stereocenters. The van der Waals surface area contributed by atoms with Crippen molar-refractivity contribution in [3.05, 3.63) is 57.1 Å². The highest BCUT2D eigenvalue weighted by Gasteiger charge is 2.40. The molecule has 1 aliphatic rings. The first-order chi connectivity index (χ1) is 13.4. The number of aliphatic imine (C=N–C) groups is 1. The van der Waals surface area contributed by atoms with Gasteiger partial charge in [-0.25, -0.2) is 8.78 Å². The molecule has 0 spiro atoms. The number of hydrogen-bond donors (Lipinski definition) is 3. The lowest BCUT2D eigenvalue weighted by Crippen LogP contribution is -2.39. The standard InChI is InChI=1S/C19H18Cl2F2N4O/c1-24-10-26-18-11(8-28)6-12(7-15(18)23)27-19(4-5-25-9-19)16-14(22)3-2-13(20)17(16)21/h2-3,6-8,10,25,27H,4-5,9H2,1H3,(H,24,26). The molecule has 28 heavy (non-hydrogen) atoms. The number of carbonyl (C=O) groups is 1. The van der Waals surface area contributed by atoms with E-state index in [4.69, 9.17) is 23.2 Å². The molecule has 0 bridgehead atoms. The molecule has 3 N–H and O–H groups in total. The van der Waals surface area contributed by atoms with Gasteiger partial charge >= 0.3 is 0 Å². The number of hydrogen-bond acceptors (Lipinski definition) is 4. The van der Waals surface area contributed by atoms with Crippen molar-refractivity contribution in [2.45, 2.75) is 12.0 Å². The van der Waals surface area contributed by atoms with E-state index in [2.05, 4.69) is 20.9 Å². The molecule has 1 heterocycles. The second kappa shape index (κ2) is 8.43. The number of benzene rings is 2. The molecular formula is C19H18Cl2F2N4O. The molecule has 9 heteroatoms. The maximum atomic E-state index is 14.7. The summed E-state index contributed by atoms with van der Waals surface area (Å²) in [4.78, 5) is 15.2. The number of nitrogens with zero attached hydrogens (tertiary/aromatic N) is 1. The molecule has 0 radical (unpaired) electrons. The summed E-state index contributed by atoms with van der Waals surface area (Å²) in [6, 6.07) is 5.35. The lowest BCUT2D eigenvalue weighted by Gasteiger charge is -2.33. The second-order valence-corrected chi connectivity index (χ2v) is 7.21. The van der Waals surface area contributed by atoms with Crippen molar-refractivity contribution in [1.82, 2.24) is 5.32 Å². The molecule has 1 saturated heterocycles. The van der Waals surface area contributed by atoms with Crippen LogP contribution in [0.25, 0.3) is 0 Å². The van der Waals surface area contributed by atoms with Gasteiger partial charge in [0.2, 0.25) is 0 Å². The summed E-state index contributed by atoms with van der Waals surface area (Å²) >= 11 is 12.4. The monoisotopic (exact) mass is 426 g/mol. The highest BCUT2D eigenvalue weighted by atomic mass is 35.5. The third-order valence-electron chi connectivity index (χ3n) is 4.65. The second-order valence-electron chi connectivity index (χ2n) is 6.42. The van der Waals surface area contributed by atoms with Crippen LogP contribution in [-0.4, -0.2) is 32.8 Å². The van der Waals surface area contributed by atoms with Gasteiger partial charge in [0, 0.05) is 30.4 Å². The maximum Gasteiger partial charge on any atom is 0.152 e. The summed E-state index contributed by atoms with van der Waals surface area (Å²) in [5.74, 6) is -1.16. The van der Waals surface area contributed by atoms with Crippen molar-refractivity contribution >= 4 is 47.2 Å². The molecule has 0 aromatic heterocycles. The first-order valence-electron chi connectivity index (χ1n) is 8.50. The third kappa shape index (κ3) is 3.83. The van der Waals surface area contributed by atoms with Crippen LogP contribution in [0.15, 0.2) is 29.3 Å². The molecule has 1 aliphatic heterocycles. The molecule has 1 fully saturated rings. The first-order valence-corrected chi connectivity index (χ1v) is 9.26. The zero-order chi connectivity index (χ0) is 20.3. The minimum absolute atomic E-state index is 0.0108. The van der Waals surface area contributed by atoms with Gasteiger partial charge in [0.1, 0.15) is 11.6 Å². The Kier molecular flexibility index (Phi) is 6.17. The predicted octanol–water partition coefficient (Wildman–Crippen LogP) is 4.45. The average molecular weight is 427 g/mol. The Morgan fingerprint density at radius 1 is 1.25 bits per heavy atom. The summed E-state index contributed by atoms with van der Waals surface area (Å²) in [6.07, 6.45) is 2.30. The lowest BCUT2D eigenvalue weighted by molar-refractivity contribution is 0.112. The smallest absolute Gasteiger partial charge is 0.152 e. The van der Waals surface area contributed by atoms with Gasteiger partial charge in [-0.1, -0.05) is 23.2 Å². The van der Waals surface area contributed by atoms with E-state index < -0.39 is 17.2 Å². The van der Waals surface area contributed by atoms with Gasteiger partial charge in [0.25, 0.3) is 0 Å². The normalized spacial score (nSPS) is 19.2. The molecule has 2 aromatic rings. The van der Waals surface area contributed by atoms with Crippen molar-refractivity contribution in [2.24, 2.45) is 4.99 Å². The van der Waals surface area contributed by atoms with Crippen molar-refractivity contribution in [3.63, 3.8) is 0 Å². The van der Waals surface area contributed by atoms with Crippen molar-refractivity contribution in [2.75, 3.05) is 30.8 Å². The van der Waals surface area contributed by atoms with E-state index in [-0.39, 0.29) is 26.9 Å². The van der Waals surface area contributed by atoms with Crippen LogP contribution in [0.1, 0.15) is 22.3 Å². The molecule has 5 nitrogen and oxygen atoms in total. The van der Waals surface area contributed by atoms with E-state index in [1.807, 2.05) is 0 Å². The molecule has 0 amide bonds. The van der Waals surface area contributed by atoms with Gasteiger partial charge in [-0.2, -0.15) is 0 Å². The fraction of sp³-hybridized carbons (Fsp3) is 0.263. The summed E-state index contributed by atoms with van der Waals surface area (Å²) in [6.45, 7) is 0.954. The number of aldehydes is 1. The van der Waals surface area contributed by atoms with Gasteiger partial charge in [-0.3, -0.25) is 9.79 Å². The van der Waals surface area contributed by atoms with Crippen molar-refractivity contribution in [1.29, 1.82) is 0 Å². The number of nitrogens with one attached hydrogen (secondary N) is 3. The number of rotatable bonds is 6. The Balaban J connectivity index is 2.06. The average Bonchev–Trinajstić information content (AvgIpc) is 3.12. The van der Waals surface area contributed by atoms with Crippen LogP contribution in [0, 0.1) is 11.6 Å². The zero-order valence-corrected chi connectivity index (χ0v) is 16.5. The molecule has 2 aromatic carbocycles. The van der Waals surface area contributed by atoms with Crippen LogP contribution in [0.3, 0.4) is 0 Å². The number of anilines is 2. The van der Waals surface area contributed by atoms with Gasteiger partial charge in [-0.05, 0) is 37.2 Å². The quantitative estimate of drug-likeness (QED) is 0.276. The molecular weight excluding hydrogens is 409 g/mol. The largest absolute Gasteiger partial charge is 0.374 e. The predicted molar refractivity (Wildman–Crippen MR) is 109 cm³/mol. The molecule has 0 aliphatic carbocycles. The van der Waals surface area contributed by atoms with Crippen LogP contribution in [0.4, 0.5) is 20.2 Å². The zero-order valence-electron chi connectivity index (χ0n) is 15.0. The highest BCUT2D eigenvalue weighted by Crippen LogP contribution is 2.41. The van der Waals surface area contributed by atoms with E-state index in [1.54, 1.807) is 0 Å². The van der Waals surface area contributed by atoms with Crippen LogP contribution in [-0.2, 0) is 5.54 Å². The molecule has 0 saturated carbocycles. The Bertz CT molecular complexity index is 931. The summed E-state index contributed by atoms with van der Waals surface area (Å²) < 4.78 is 29.3. The van der Waals surface area contributed by atoms with E-state index >= 15 is 0 Å². The first kappa shape index (κ1) is 20.5. The van der Waals surface area contributed by atoms with E-state index in [9.17, 15) is 13.6 Å². The minimum atomic E-state index is -0.946. The number of halogens is 4. The number of carbonyl (C=O) groups excluding carboxylic acids is 1. The Morgan fingerprint density at radius 3 is 2.68 bits per heavy atom. The Labute approximate surface area is 171 Å². The minimum Gasteiger partial charge on any atom is -0.374 e. The van der Waals surface area contributed by atoms with Crippen LogP contribution in [0.2, 0.25) is 10.0 Å². The lowest BCUT2D eigenvalue weighted by atomic mass is 9.87. The van der Waals surface area contributed by atoms with Crippen molar-refractivity contribution < 1.29 is 13.6 Å². The summed E-state index contributed by atoms with van der Waals surface area (Å²) in [7, 11) is 1.52. The SMILES string of the molecule is CN=CNc1c(F)cc(NC2(c3c(F)ccc(Cl)c3Cl)CCNC2)cc1C=O. The molecule has 1 atom stereocenters. The highest BCUT2D eigenvalue weighted by molar-refractivity contribution is 6.42. The Hall–Kier alpha value is -2.22. The van der Waals surface area contributed by atoms with Crippen molar-refractivity contribution in [3.8, 4) is 0 Å². The molecule has 3 rings (SSSR count). The van der Waals surface area contributed by atoms with Gasteiger partial charge in [-0.15, -0.1) is 0 Å². The maximum absolute atomic E-state index is 14.7.